The van der Waals surface area contributed by atoms with Crippen molar-refractivity contribution < 1.29 is 28.9 Å². The molecule has 0 bridgehead atoms. The van der Waals surface area contributed by atoms with Crippen LogP contribution in [0.2, 0.25) is 0 Å². The third-order valence-electron chi connectivity index (χ3n) is 8.71. The lowest BCUT2D eigenvalue weighted by atomic mass is 9.88. The van der Waals surface area contributed by atoms with Crippen LogP contribution in [0, 0.1) is 11.7 Å². The van der Waals surface area contributed by atoms with Gasteiger partial charge in [-0.3, -0.25) is 9.69 Å². The third-order valence-corrected chi connectivity index (χ3v) is 8.71. The number of para-hydroxylation sites is 1. The number of rotatable bonds is 19. The van der Waals surface area contributed by atoms with Crippen LogP contribution in [0.3, 0.4) is 0 Å². The molecule has 0 aliphatic carbocycles. The number of hydrogen-bond acceptors (Lipinski definition) is 5. The number of ether oxygens (including phenoxy) is 1. The maximum atomic E-state index is 13.2. The molecule has 1 aliphatic heterocycles. The lowest BCUT2D eigenvalue weighted by molar-refractivity contribution is -0.137. The SMILES string of the molecule is O=C(O)CCCCC(CCc1ccccc1OCCCCCN1CCN(c2ccc(F)cc2)CC1)Cc1ccc(C(=O)O)cc1. The summed E-state index contributed by atoms with van der Waals surface area (Å²) in [5.41, 5.74) is 3.66. The number of carboxylic acid groups (broad SMARTS) is 2. The zero-order chi connectivity index (χ0) is 31.9. The smallest absolute Gasteiger partial charge is 0.335 e. The van der Waals surface area contributed by atoms with E-state index in [9.17, 15) is 19.1 Å². The Morgan fingerprint density at radius 2 is 1.53 bits per heavy atom. The Labute approximate surface area is 266 Å². The largest absolute Gasteiger partial charge is 0.493 e. The topological polar surface area (TPSA) is 90.3 Å². The standard InChI is InChI=1S/C37H47FN2O5/c38-33-18-20-34(21-19-33)40-25-23-39(24-26-40)22-6-1-7-27-45-35-10-4-3-9-31(35)15-12-29(8-2-5-11-36(41)42)28-30-13-16-32(17-14-30)37(43)44/h3-4,9-10,13-14,16-21,29H,1-2,5-8,11-12,15,22-28H2,(H,41,42)(H,43,44). The van der Waals surface area contributed by atoms with E-state index in [0.29, 0.717) is 18.9 Å². The molecule has 4 rings (SSSR count). The van der Waals surface area contributed by atoms with Gasteiger partial charge in [-0.1, -0.05) is 43.2 Å². The molecule has 1 unspecified atom stereocenters. The van der Waals surface area contributed by atoms with Gasteiger partial charge in [0.1, 0.15) is 11.6 Å². The van der Waals surface area contributed by atoms with Crippen molar-refractivity contribution in [1.29, 1.82) is 0 Å². The number of unbranched alkanes of at least 4 members (excludes halogenated alkanes) is 3. The summed E-state index contributed by atoms with van der Waals surface area (Å²) in [7, 11) is 0. The van der Waals surface area contributed by atoms with Gasteiger partial charge in [0.05, 0.1) is 12.2 Å². The fourth-order valence-corrected chi connectivity index (χ4v) is 6.06. The third kappa shape index (κ3) is 11.8. The average molecular weight is 619 g/mol. The number of aryl methyl sites for hydroxylation is 1. The van der Waals surface area contributed by atoms with Gasteiger partial charge >= 0.3 is 11.9 Å². The van der Waals surface area contributed by atoms with Gasteiger partial charge in [-0.05, 0) is 111 Å². The van der Waals surface area contributed by atoms with E-state index in [4.69, 9.17) is 9.84 Å². The first-order valence-corrected chi connectivity index (χ1v) is 16.3. The molecule has 1 aliphatic rings. The number of aliphatic carboxylic acids is 1. The molecule has 0 spiro atoms. The molecule has 1 fully saturated rings. The second-order valence-electron chi connectivity index (χ2n) is 12.1. The van der Waals surface area contributed by atoms with Crippen molar-refractivity contribution >= 4 is 17.6 Å². The molecule has 7 nitrogen and oxygen atoms in total. The van der Waals surface area contributed by atoms with Crippen molar-refractivity contribution in [3.8, 4) is 5.75 Å². The van der Waals surface area contributed by atoms with Crippen LogP contribution >= 0.6 is 0 Å². The highest BCUT2D eigenvalue weighted by molar-refractivity contribution is 5.87. The molecule has 1 saturated heterocycles. The molecule has 242 valence electrons. The molecule has 0 amide bonds. The molecule has 0 aromatic heterocycles. The quantitative estimate of drug-likeness (QED) is 0.136. The number of carbonyl (C=O) groups is 2. The molecular formula is C37H47FN2O5. The molecular weight excluding hydrogens is 571 g/mol. The van der Waals surface area contributed by atoms with Gasteiger partial charge in [0.25, 0.3) is 0 Å². The lowest BCUT2D eigenvalue weighted by Crippen LogP contribution is -2.46. The summed E-state index contributed by atoms with van der Waals surface area (Å²) < 4.78 is 19.5. The van der Waals surface area contributed by atoms with E-state index in [-0.39, 0.29) is 17.8 Å². The second-order valence-corrected chi connectivity index (χ2v) is 12.1. The minimum atomic E-state index is -0.929. The fraction of sp³-hybridized carbons (Fsp3) is 0.459. The van der Waals surface area contributed by atoms with Crippen molar-refractivity contribution in [3.63, 3.8) is 0 Å². The normalized spacial score (nSPS) is 14.3. The second kappa shape index (κ2) is 18.2. The van der Waals surface area contributed by atoms with Crippen molar-refractivity contribution in [2.75, 3.05) is 44.2 Å². The number of anilines is 1. The van der Waals surface area contributed by atoms with E-state index in [1.165, 1.54) is 17.7 Å². The molecule has 45 heavy (non-hydrogen) atoms. The predicted octanol–water partition coefficient (Wildman–Crippen LogP) is 7.33. The molecule has 8 heteroatoms. The van der Waals surface area contributed by atoms with E-state index < -0.39 is 11.9 Å². The minimum absolute atomic E-state index is 0.185. The summed E-state index contributed by atoms with van der Waals surface area (Å²) in [5.74, 6) is -0.589. The molecule has 0 saturated carbocycles. The molecule has 2 N–H and O–H groups in total. The van der Waals surface area contributed by atoms with Crippen molar-refractivity contribution in [2.45, 2.75) is 64.2 Å². The Hall–Kier alpha value is -3.91. The van der Waals surface area contributed by atoms with Gasteiger partial charge in [-0.15, -0.1) is 0 Å². The van der Waals surface area contributed by atoms with Crippen LogP contribution in [-0.2, 0) is 17.6 Å². The van der Waals surface area contributed by atoms with Crippen molar-refractivity contribution in [1.82, 2.24) is 4.90 Å². The number of hydrogen-bond donors (Lipinski definition) is 2. The number of benzene rings is 3. The molecule has 3 aromatic carbocycles. The van der Waals surface area contributed by atoms with Crippen LogP contribution < -0.4 is 9.64 Å². The van der Waals surface area contributed by atoms with Crippen LogP contribution in [0.25, 0.3) is 0 Å². The number of aromatic carboxylic acids is 1. The van der Waals surface area contributed by atoms with Crippen molar-refractivity contribution in [3.05, 3.63) is 95.3 Å². The van der Waals surface area contributed by atoms with E-state index in [2.05, 4.69) is 15.9 Å². The molecule has 3 aromatic rings. The van der Waals surface area contributed by atoms with Gasteiger partial charge in [-0.25, -0.2) is 9.18 Å². The van der Waals surface area contributed by atoms with E-state index >= 15 is 0 Å². The number of carboxylic acids is 2. The van der Waals surface area contributed by atoms with Crippen LogP contribution in [-0.4, -0.2) is 66.4 Å². The summed E-state index contributed by atoms with van der Waals surface area (Å²) in [6, 6.07) is 22.1. The van der Waals surface area contributed by atoms with Gasteiger partial charge in [0, 0.05) is 38.3 Å². The summed E-state index contributed by atoms with van der Waals surface area (Å²) in [6.45, 7) is 5.74. The highest BCUT2D eigenvalue weighted by Crippen LogP contribution is 2.26. The summed E-state index contributed by atoms with van der Waals surface area (Å²) >= 11 is 0. The van der Waals surface area contributed by atoms with E-state index in [1.807, 2.05) is 42.5 Å². The Bertz CT molecular complexity index is 1320. The lowest BCUT2D eigenvalue weighted by Gasteiger charge is -2.36. The first-order chi connectivity index (χ1) is 21.9. The predicted molar refractivity (Wildman–Crippen MR) is 176 cm³/mol. The van der Waals surface area contributed by atoms with Crippen LogP contribution in [0.15, 0.2) is 72.8 Å². The molecule has 1 atom stereocenters. The summed E-state index contributed by atoms with van der Waals surface area (Å²) in [5, 5.41) is 18.2. The van der Waals surface area contributed by atoms with E-state index in [0.717, 1.165) is 101 Å². The van der Waals surface area contributed by atoms with Crippen molar-refractivity contribution in [2.24, 2.45) is 5.92 Å². The Balaban J connectivity index is 1.18. The number of nitrogens with zero attached hydrogens (tertiary/aromatic N) is 2. The summed E-state index contributed by atoms with van der Waals surface area (Å²) in [4.78, 5) is 27.0. The number of piperazine rings is 1. The zero-order valence-electron chi connectivity index (χ0n) is 26.2. The molecule has 1 heterocycles. The fourth-order valence-electron chi connectivity index (χ4n) is 6.06. The van der Waals surface area contributed by atoms with Crippen LogP contribution in [0.5, 0.6) is 5.75 Å². The summed E-state index contributed by atoms with van der Waals surface area (Å²) in [6.07, 6.45) is 8.53. The first kappa shape index (κ1) is 34.0. The minimum Gasteiger partial charge on any atom is -0.493 e. The Morgan fingerprint density at radius 3 is 2.24 bits per heavy atom. The Kier molecular flexibility index (Phi) is 13.7. The van der Waals surface area contributed by atoms with E-state index in [1.54, 1.807) is 12.1 Å². The van der Waals surface area contributed by atoms with Gasteiger partial charge in [0.2, 0.25) is 0 Å². The highest BCUT2D eigenvalue weighted by Gasteiger charge is 2.17. The van der Waals surface area contributed by atoms with Gasteiger partial charge in [-0.2, -0.15) is 0 Å². The van der Waals surface area contributed by atoms with Gasteiger partial charge in [0.15, 0.2) is 0 Å². The Morgan fingerprint density at radius 1 is 0.800 bits per heavy atom. The monoisotopic (exact) mass is 618 g/mol. The maximum absolute atomic E-state index is 13.2. The average Bonchev–Trinajstić information content (AvgIpc) is 3.04. The zero-order valence-corrected chi connectivity index (χ0v) is 26.2. The number of halogens is 1. The maximum Gasteiger partial charge on any atom is 0.335 e. The molecule has 0 radical (unpaired) electrons. The first-order valence-electron chi connectivity index (χ1n) is 16.3. The van der Waals surface area contributed by atoms with Crippen LogP contribution in [0.1, 0.15) is 72.9 Å². The van der Waals surface area contributed by atoms with Gasteiger partial charge < -0.3 is 19.8 Å². The van der Waals surface area contributed by atoms with Crippen LogP contribution in [0.4, 0.5) is 10.1 Å². The highest BCUT2D eigenvalue weighted by atomic mass is 19.1.